The summed E-state index contributed by atoms with van der Waals surface area (Å²) in [5.41, 5.74) is 0.590. The first-order valence-electron chi connectivity index (χ1n) is 6.46. The molecule has 0 amide bonds. The van der Waals surface area contributed by atoms with Crippen LogP contribution in [0.15, 0.2) is 29.2 Å². The van der Waals surface area contributed by atoms with Crippen molar-refractivity contribution in [3.8, 4) is 0 Å². The zero-order valence-corrected chi connectivity index (χ0v) is 11.3. The summed E-state index contributed by atoms with van der Waals surface area (Å²) in [7, 11) is -3.54. The van der Waals surface area contributed by atoms with Gasteiger partial charge in [0.25, 0.3) is 0 Å². The Kier molecular flexibility index (Phi) is 3.34. The van der Waals surface area contributed by atoms with Crippen LogP contribution in [0.2, 0.25) is 0 Å². The quantitative estimate of drug-likeness (QED) is 0.856. The average molecular weight is 283 g/mol. The number of rotatable bonds is 4. The molecule has 2 aliphatic heterocycles. The first-order valence-corrected chi connectivity index (χ1v) is 7.94. The summed E-state index contributed by atoms with van der Waals surface area (Å²) in [6.07, 6.45) is 2.93. The predicted molar refractivity (Wildman–Crippen MR) is 69.0 cm³/mol. The van der Waals surface area contributed by atoms with Gasteiger partial charge in [0.15, 0.2) is 0 Å². The molecule has 0 saturated carbocycles. The van der Waals surface area contributed by atoms with Crippen molar-refractivity contribution in [2.45, 2.75) is 49.0 Å². The zero-order chi connectivity index (χ0) is 13.5. The van der Waals surface area contributed by atoms with E-state index in [2.05, 4.69) is 4.72 Å². The molecule has 2 bridgehead atoms. The molecule has 1 aromatic rings. The van der Waals surface area contributed by atoms with Crippen molar-refractivity contribution >= 4 is 10.0 Å². The van der Waals surface area contributed by atoms with Gasteiger partial charge >= 0.3 is 0 Å². The van der Waals surface area contributed by atoms with Gasteiger partial charge in [-0.05, 0) is 37.0 Å². The maximum atomic E-state index is 12.3. The van der Waals surface area contributed by atoms with Gasteiger partial charge < -0.3 is 9.84 Å². The normalized spacial score (nSPS) is 29.8. The third-order valence-corrected chi connectivity index (χ3v) is 5.29. The minimum Gasteiger partial charge on any atom is -0.392 e. The first-order chi connectivity index (χ1) is 9.08. The van der Waals surface area contributed by atoms with E-state index in [0.717, 1.165) is 19.3 Å². The second kappa shape index (κ2) is 4.86. The molecule has 5 nitrogen and oxygen atoms in total. The lowest BCUT2D eigenvalue weighted by atomic mass is 9.96. The van der Waals surface area contributed by atoms with E-state index < -0.39 is 10.0 Å². The maximum absolute atomic E-state index is 12.3. The first kappa shape index (κ1) is 13.1. The maximum Gasteiger partial charge on any atom is 0.240 e. The van der Waals surface area contributed by atoms with Gasteiger partial charge in [0, 0.05) is 0 Å². The third-order valence-electron chi connectivity index (χ3n) is 3.80. The van der Waals surface area contributed by atoms with Crippen LogP contribution in [0.4, 0.5) is 0 Å². The van der Waals surface area contributed by atoms with E-state index >= 15 is 0 Å². The second-order valence-corrected chi connectivity index (χ2v) is 6.86. The molecule has 2 fully saturated rings. The minimum absolute atomic E-state index is 0.0146. The summed E-state index contributed by atoms with van der Waals surface area (Å²) in [4.78, 5) is 0.196. The third kappa shape index (κ3) is 2.53. The Labute approximate surface area is 112 Å². The number of aliphatic hydroxyl groups is 1. The van der Waals surface area contributed by atoms with E-state index in [1.54, 1.807) is 12.1 Å². The molecule has 3 rings (SSSR count). The van der Waals surface area contributed by atoms with Gasteiger partial charge in [-0.15, -0.1) is 0 Å². The molecule has 104 valence electrons. The molecule has 0 aromatic heterocycles. The minimum atomic E-state index is -3.54. The summed E-state index contributed by atoms with van der Waals surface area (Å²) < 4.78 is 32.9. The fourth-order valence-corrected chi connectivity index (χ4v) is 4.19. The zero-order valence-electron chi connectivity index (χ0n) is 10.5. The Bertz CT molecular complexity index is 572. The predicted octanol–water partition coefficient (Wildman–Crippen LogP) is 0.777. The Morgan fingerprint density at radius 1 is 1.37 bits per heavy atom. The van der Waals surface area contributed by atoms with Crippen LogP contribution in [0.1, 0.15) is 24.8 Å². The SMILES string of the molecule is O=S(=O)(NC1CC2CCC1O2)c1cccc(CO)c1. The highest BCUT2D eigenvalue weighted by Gasteiger charge is 2.42. The van der Waals surface area contributed by atoms with Gasteiger partial charge in [-0.25, -0.2) is 13.1 Å². The molecular formula is C13H17NO4S. The van der Waals surface area contributed by atoms with Crippen LogP contribution in [-0.2, 0) is 21.4 Å². The summed E-state index contributed by atoms with van der Waals surface area (Å²) >= 11 is 0. The Morgan fingerprint density at radius 2 is 2.21 bits per heavy atom. The van der Waals surface area contributed by atoms with Gasteiger partial charge in [-0.2, -0.15) is 0 Å². The van der Waals surface area contributed by atoms with Gasteiger partial charge in [-0.1, -0.05) is 12.1 Å². The fraction of sp³-hybridized carbons (Fsp3) is 0.538. The van der Waals surface area contributed by atoms with Crippen LogP contribution in [-0.4, -0.2) is 31.8 Å². The highest BCUT2D eigenvalue weighted by Crippen LogP contribution is 2.35. The van der Waals surface area contributed by atoms with E-state index in [4.69, 9.17) is 9.84 Å². The van der Waals surface area contributed by atoms with E-state index in [0.29, 0.717) is 5.56 Å². The van der Waals surface area contributed by atoms with Crippen molar-refractivity contribution < 1.29 is 18.3 Å². The smallest absolute Gasteiger partial charge is 0.240 e. The van der Waals surface area contributed by atoms with Gasteiger partial charge in [0.2, 0.25) is 10.0 Å². The van der Waals surface area contributed by atoms with Crippen LogP contribution in [0.5, 0.6) is 0 Å². The molecule has 6 heteroatoms. The summed E-state index contributed by atoms with van der Waals surface area (Å²) in [6, 6.07) is 6.24. The van der Waals surface area contributed by atoms with Gasteiger partial charge in [0.05, 0.1) is 29.8 Å². The van der Waals surface area contributed by atoms with Crippen LogP contribution in [0.25, 0.3) is 0 Å². The topological polar surface area (TPSA) is 75.6 Å². The molecule has 2 N–H and O–H groups in total. The summed E-state index contributed by atoms with van der Waals surface area (Å²) in [5.74, 6) is 0. The molecule has 19 heavy (non-hydrogen) atoms. The molecule has 0 aliphatic carbocycles. The largest absolute Gasteiger partial charge is 0.392 e. The summed E-state index contributed by atoms with van der Waals surface area (Å²) in [5, 5.41) is 9.06. The Hall–Kier alpha value is -0.950. The molecule has 1 aromatic carbocycles. The highest BCUT2D eigenvalue weighted by atomic mass is 32.2. The van der Waals surface area contributed by atoms with E-state index in [1.807, 2.05) is 0 Å². The van der Waals surface area contributed by atoms with Crippen molar-refractivity contribution in [1.29, 1.82) is 0 Å². The number of sulfonamides is 1. The monoisotopic (exact) mass is 283 g/mol. The molecule has 3 unspecified atom stereocenters. The molecule has 0 spiro atoms. The highest BCUT2D eigenvalue weighted by molar-refractivity contribution is 7.89. The second-order valence-electron chi connectivity index (χ2n) is 5.14. The number of benzene rings is 1. The van der Waals surface area contributed by atoms with Crippen molar-refractivity contribution in [2.24, 2.45) is 0 Å². The van der Waals surface area contributed by atoms with Crippen molar-refractivity contribution in [2.75, 3.05) is 0 Å². The number of fused-ring (bicyclic) bond motifs is 2. The number of hydrogen-bond acceptors (Lipinski definition) is 4. The van der Waals surface area contributed by atoms with Crippen LogP contribution in [0, 0.1) is 0 Å². The number of aliphatic hydroxyl groups excluding tert-OH is 1. The fourth-order valence-electron chi connectivity index (χ4n) is 2.84. The van der Waals surface area contributed by atoms with E-state index in [1.165, 1.54) is 12.1 Å². The lowest BCUT2D eigenvalue weighted by molar-refractivity contribution is 0.0996. The average Bonchev–Trinajstić information content (AvgIpc) is 3.00. The van der Waals surface area contributed by atoms with Crippen LogP contribution in [0.3, 0.4) is 0 Å². The van der Waals surface area contributed by atoms with Crippen LogP contribution >= 0.6 is 0 Å². The van der Waals surface area contributed by atoms with Gasteiger partial charge in [0.1, 0.15) is 0 Å². The standard InChI is InChI=1S/C13H17NO4S/c15-8-9-2-1-3-11(6-9)19(16,17)14-12-7-10-4-5-13(12)18-10/h1-3,6,10,12-15H,4-5,7-8H2. The Balaban J connectivity index is 1.78. The molecule has 2 saturated heterocycles. The number of hydrogen-bond donors (Lipinski definition) is 2. The number of nitrogens with one attached hydrogen (secondary N) is 1. The molecule has 2 aliphatic rings. The lowest BCUT2D eigenvalue weighted by Crippen LogP contribution is -2.41. The van der Waals surface area contributed by atoms with Gasteiger partial charge in [-0.3, -0.25) is 0 Å². The van der Waals surface area contributed by atoms with E-state index in [-0.39, 0.29) is 29.8 Å². The summed E-state index contributed by atoms with van der Waals surface area (Å²) in [6.45, 7) is -0.166. The van der Waals surface area contributed by atoms with Crippen LogP contribution < -0.4 is 4.72 Å². The Morgan fingerprint density at radius 3 is 2.84 bits per heavy atom. The molecule has 3 atom stereocenters. The van der Waals surface area contributed by atoms with E-state index in [9.17, 15) is 8.42 Å². The molecule has 2 heterocycles. The van der Waals surface area contributed by atoms with Crippen molar-refractivity contribution in [3.05, 3.63) is 29.8 Å². The lowest BCUT2D eigenvalue weighted by Gasteiger charge is -2.20. The van der Waals surface area contributed by atoms with Crippen molar-refractivity contribution in [1.82, 2.24) is 4.72 Å². The molecule has 0 radical (unpaired) electrons. The van der Waals surface area contributed by atoms with Crippen molar-refractivity contribution in [3.63, 3.8) is 0 Å². The number of ether oxygens (including phenoxy) is 1. The molecular weight excluding hydrogens is 266 g/mol.